The van der Waals surface area contributed by atoms with Crippen LogP contribution in [0.2, 0.25) is 0 Å². The fraction of sp³-hybridized carbons (Fsp3) is 0. The molecule has 0 aliphatic heterocycles. The molecule has 4 nitrogen and oxygen atoms in total. The molecule has 2 aromatic rings. The number of rotatable bonds is 3. The number of anilines is 2. The quantitative estimate of drug-likeness (QED) is 0.668. The van der Waals surface area contributed by atoms with E-state index in [0.29, 0.717) is 0 Å². The van der Waals surface area contributed by atoms with Crippen molar-refractivity contribution in [2.24, 2.45) is 0 Å². The van der Waals surface area contributed by atoms with Gasteiger partial charge < -0.3 is 5.32 Å². The summed E-state index contributed by atoms with van der Waals surface area (Å²) in [5, 5.41) is 13.4. The smallest absolute Gasteiger partial charge is 0.292 e. The predicted molar refractivity (Wildman–Crippen MR) is 62.7 cm³/mol. The SMILES string of the molecule is O=[N+]([O-])c1ccccc1Nc1cc(F)cc(F)c1. The monoisotopic (exact) mass is 250 g/mol. The van der Waals surface area contributed by atoms with Crippen LogP contribution >= 0.6 is 0 Å². The lowest BCUT2D eigenvalue weighted by molar-refractivity contribution is -0.383. The second-order valence-electron chi connectivity index (χ2n) is 3.56. The highest BCUT2D eigenvalue weighted by atomic mass is 19.1. The fourth-order valence-corrected chi connectivity index (χ4v) is 1.52. The van der Waals surface area contributed by atoms with Crippen molar-refractivity contribution in [1.82, 2.24) is 0 Å². The molecule has 0 aliphatic carbocycles. The number of para-hydroxylation sites is 2. The molecule has 0 saturated carbocycles. The largest absolute Gasteiger partial charge is 0.350 e. The van der Waals surface area contributed by atoms with Crippen LogP contribution in [0.5, 0.6) is 0 Å². The van der Waals surface area contributed by atoms with Crippen molar-refractivity contribution in [3.8, 4) is 0 Å². The normalized spacial score (nSPS) is 10.1. The van der Waals surface area contributed by atoms with Gasteiger partial charge in [-0.1, -0.05) is 12.1 Å². The zero-order valence-electron chi connectivity index (χ0n) is 9.06. The number of hydrogen-bond donors (Lipinski definition) is 1. The molecule has 18 heavy (non-hydrogen) atoms. The molecule has 0 aromatic heterocycles. The minimum atomic E-state index is -0.754. The Morgan fingerprint density at radius 3 is 2.28 bits per heavy atom. The Kier molecular flexibility index (Phi) is 3.18. The van der Waals surface area contributed by atoms with E-state index >= 15 is 0 Å². The van der Waals surface area contributed by atoms with Crippen molar-refractivity contribution in [3.05, 3.63) is 64.2 Å². The van der Waals surface area contributed by atoms with Gasteiger partial charge in [-0.25, -0.2) is 8.78 Å². The van der Waals surface area contributed by atoms with Crippen LogP contribution in [-0.2, 0) is 0 Å². The minimum Gasteiger partial charge on any atom is -0.350 e. The van der Waals surface area contributed by atoms with E-state index in [4.69, 9.17) is 0 Å². The second-order valence-corrected chi connectivity index (χ2v) is 3.56. The second kappa shape index (κ2) is 4.79. The number of nitrogens with one attached hydrogen (secondary N) is 1. The summed E-state index contributed by atoms with van der Waals surface area (Å²) in [4.78, 5) is 10.2. The van der Waals surface area contributed by atoms with Gasteiger partial charge in [-0.05, 0) is 18.2 Å². The maximum absolute atomic E-state index is 13.0. The number of nitrogens with zero attached hydrogens (tertiary/aromatic N) is 1. The maximum atomic E-state index is 13.0. The summed E-state index contributed by atoms with van der Waals surface area (Å²) in [6.45, 7) is 0. The molecule has 0 aliphatic rings. The molecule has 1 N–H and O–H groups in total. The Bertz CT molecular complexity index is 582. The molecule has 0 bridgehead atoms. The molecule has 0 fully saturated rings. The standard InChI is InChI=1S/C12H8F2N2O2/c13-8-5-9(14)7-10(6-8)15-11-3-1-2-4-12(11)16(17)18/h1-7,15H. The summed E-state index contributed by atoms with van der Waals surface area (Å²) >= 11 is 0. The number of halogens is 2. The molecule has 0 unspecified atom stereocenters. The van der Waals surface area contributed by atoms with Crippen LogP contribution in [0.1, 0.15) is 0 Å². The van der Waals surface area contributed by atoms with E-state index in [1.54, 1.807) is 6.07 Å². The van der Waals surface area contributed by atoms with E-state index in [0.717, 1.165) is 18.2 Å². The third-order valence-electron chi connectivity index (χ3n) is 2.24. The lowest BCUT2D eigenvalue weighted by Gasteiger charge is -2.07. The Balaban J connectivity index is 2.37. The summed E-state index contributed by atoms with van der Waals surface area (Å²) in [6.07, 6.45) is 0. The van der Waals surface area contributed by atoms with Gasteiger partial charge in [0.1, 0.15) is 17.3 Å². The summed E-state index contributed by atoms with van der Waals surface area (Å²) in [5.41, 5.74) is 0.122. The third kappa shape index (κ3) is 2.60. The average Bonchev–Trinajstić information content (AvgIpc) is 2.27. The van der Waals surface area contributed by atoms with E-state index in [9.17, 15) is 18.9 Å². The number of benzene rings is 2. The van der Waals surface area contributed by atoms with E-state index in [1.165, 1.54) is 18.2 Å². The Morgan fingerprint density at radius 1 is 1.06 bits per heavy atom. The van der Waals surface area contributed by atoms with Crippen molar-refractivity contribution in [2.45, 2.75) is 0 Å². The van der Waals surface area contributed by atoms with Crippen molar-refractivity contribution in [3.63, 3.8) is 0 Å². The van der Waals surface area contributed by atoms with Gasteiger partial charge in [-0.2, -0.15) is 0 Å². The molecule has 0 spiro atoms. The summed E-state index contributed by atoms with van der Waals surface area (Å²) in [6, 6.07) is 8.70. The Hall–Kier alpha value is -2.50. The molecule has 2 rings (SSSR count). The van der Waals surface area contributed by atoms with Crippen LogP contribution in [-0.4, -0.2) is 4.92 Å². The van der Waals surface area contributed by atoms with Gasteiger partial charge in [0, 0.05) is 17.8 Å². The molecule has 0 heterocycles. The molecule has 0 amide bonds. The van der Waals surface area contributed by atoms with Crippen LogP contribution in [0.3, 0.4) is 0 Å². The molecule has 0 atom stereocenters. The molecule has 92 valence electrons. The van der Waals surface area contributed by atoms with Crippen molar-refractivity contribution in [2.75, 3.05) is 5.32 Å². The van der Waals surface area contributed by atoms with Gasteiger partial charge in [0.05, 0.1) is 4.92 Å². The number of nitro benzene ring substituents is 1. The molecule has 2 aromatic carbocycles. The van der Waals surface area contributed by atoms with Gasteiger partial charge in [-0.3, -0.25) is 10.1 Å². The summed E-state index contributed by atoms with van der Waals surface area (Å²) < 4.78 is 26.0. The first-order valence-corrected chi connectivity index (χ1v) is 5.03. The zero-order chi connectivity index (χ0) is 13.1. The molecule has 0 radical (unpaired) electrons. The molecule has 0 saturated heterocycles. The van der Waals surface area contributed by atoms with Crippen LogP contribution in [0.25, 0.3) is 0 Å². The highest BCUT2D eigenvalue weighted by molar-refractivity contribution is 5.69. The van der Waals surface area contributed by atoms with E-state index in [-0.39, 0.29) is 17.1 Å². The first-order chi connectivity index (χ1) is 8.56. The molecule has 6 heteroatoms. The predicted octanol–water partition coefficient (Wildman–Crippen LogP) is 3.62. The van der Waals surface area contributed by atoms with E-state index < -0.39 is 16.6 Å². The third-order valence-corrected chi connectivity index (χ3v) is 2.24. The lowest BCUT2D eigenvalue weighted by atomic mass is 10.2. The van der Waals surface area contributed by atoms with Crippen molar-refractivity contribution in [1.29, 1.82) is 0 Å². The summed E-state index contributed by atoms with van der Waals surface area (Å²) in [7, 11) is 0. The lowest BCUT2D eigenvalue weighted by Crippen LogP contribution is -1.97. The highest BCUT2D eigenvalue weighted by Gasteiger charge is 2.12. The van der Waals surface area contributed by atoms with E-state index in [1.807, 2.05) is 0 Å². The topological polar surface area (TPSA) is 55.2 Å². The first kappa shape index (κ1) is 12.0. The van der Waals surface area contributed by atoms with Crippen molar-refractivity contribution >= 4 is 17.1 Å². The van der Waals surface area contributed by atoms with Crippen LogP contribution in [0.4, 0.5) is 25.8 Å². The van der Waals surface area contributed by atoms with E-state index in [2.05, 4.69) is 5.32 Å². The van der Waals surface area contributed by atoms with Gasteiger partial charge in [0.25, 0.3) is 5.69 Å². The van der Waals surface area contributed by atoms with Gasteiger partial charge in [0.2, 0.25) is 0 Å². The minimum absolute atomic E-state index is 0.113. The Labute approximate surface area is 101 Å². The van der Waals surface area contributed by atoms with Crippen LogP contribution < -0.4 is 5.32 Å². The fourth-order valence-electron chi connectivity index (χ4n) is 1.52. The van der Waals surface area contributed by atoms with Crippen LogP contribution in [0, 0.1) is 21.7 Å². The number of hydrogen-bond acceptors (Lipinski definition) is 3. The van der Waals surface area contributed by atoms with Crippen LogP contribution in [0.15, 0.2) is 42.5 Å². The summed E-state index contributed by atoms with van der Waals surface area (Å²) in [5.74, 6) is -1.51. The molecular weight excluding hydrogens is 242 g/mol. The van der Waals surface area contributed by atoms with Gasteiger partial charge >= 0.3 is 0 Å². The first-order valence-electron chi connectivity index (χ1n) is 5.03. The molecular formula is C12H8F2N2O2. The van der Waals surface area contributed by atoms with Crippen molar-refractivity contribution < 1.29 is 13.7 Å². The van der Waals surface area contributed by atoms with Gasteiger partial charge in [-0.15, -0.1) is 0 Å². The number of nitro groups is 1. The zero-order valence-corrected chi connectivity index (χ0v) is 9.06. The Morgan fingerprint density at radius 2 is 1.67 bits per heavy atom. The maximum Gasteiger partial charge on any atom is 0.292 e. The van der Waals surface area contributed by atoms with Gasteiger partial charge in [0.15, 0.2) is 0 Å². The average molecular weight is 250 g/mol. The highest BCUT2D eigenvalue weighted by Crippen LogP contribution is 2.27.